The Morgan fingerprint density at radius 3 is 2.33 bits per heavy atom. The number of benzene rings is 3. The fourth-order valence-corrected chi connectivity index (χ4v) is 5.62. The normalized spacial score (nSPS) is 16.6. The van der Waals surface area contributed by atoms with Crippen LogP contribution in [0, 0.1) is 5.82 Å². The molecule has 170 valence electrons. The third kappa shape index (κ3) is 4.83. The molecule has 1 fully saturated rings. The van der Waals surface area contributed by atoms with Crippen molar-refractivity contribution < 1.29 is 22.4 Å². The van der Waals surface area contributed by atoms with E-state index in [1.807, 2.05) is 6.07 Å². The molecule has 0 saturated carbocycles. The number of carbonyl (C=O) groups is 2. The quantitative estimate of drug-likeness (QED) is 0.472. The number of nitrogens with zero attached hydrogens (tertiary/aromatic N) is 2. The molecule has 0 aliphatic carbocycles. The minimum atomic E-state index is -4.09. The van der Waals surface area contributed by atoms with Gasteiger partial charge >= 0.3 is 0 Å². The van der Waals surface area contributed by atoms with Crippen molar-refractivity contribution in [3.8, 4) is 0 Å². The van der Waals surface area contributed by atoms with E-state index >= 15 is 0 Å². The van der Waals surface area contributed by atoms with Crippen molar-refractivity contribution in [1.29, 1.82) is 0 Å². The molecule has 3 aromatic rings. The zero-order valence-corrected chi connectivity index (χ0v) is 19.0. The lowest BCUT2D eigenvalue weighted by Gasteiger charge is -2.27. The summed E-state index contributed by atoms with van der Waals surface area (Å²) in [5.41, 5.74) is 0.990. The van der Waals surface area contributed by atoms with E-state index in [-0.39, 0.29) is 23.5 Å². The lowest BCUT2D eigenvalue weighted by molar-refractivity contribution is -0.122. The number of halogens is 2. The number of hydrogen-bond acceptors (Lipinski definition) is 4. The minimum Gasteiger partial charge on any atom is -0.274 e. The maximum atomic E-state index is 13.5. The molecule has 0 aromatic heterocycles. The van der Waals surface area contributed by atoms with Crippen LogP contribution in [-0.2, 0) is 26.0 Å². The Balaban J connectivity index is 1.68. The second kappa shape index (κ2) is 9.43. The lowest BCUT2D eigenvalue weighted by Crippen LogP contribution is -2.46. The van der Waals surface area contributed by atoms with Gasteiger partial charge in [-0.1, -0.05) is 41.9 Å². The summed E-state index contributed by atoms with van der Waals surface area (Å²) in [5.74, 6) is -1.73. The first-order chi connectivity index (χ1) is 15.8. The summed E-state index contributed by atoms with van der Waals surface area (Å²) < 4.78 is 41.4. The average molecular weight is 487 g/mol. The largest absolute Gasteiger partial charge is 0.274 e. The van der Waals surface area contributed by atoms with Gasteiger partial charge in [-0.3, -0.25) is 9.59 Å². The van der Waals surface area contributed by atoms with Crippen LogP contribution in [0.2, 0.25) is 5.02 Å². The van der Waals surface area contributed by atoms with Crippen LogP contribution >= 0.6 is 11.6 Å². The molecular formula is C24H20ClFN2O4S. The highest BCUT2D eigenvalue weighted by Gasteiger charge is 2.46. The van der Waals surface area contributed by atoms with Crippen molar-refractivity contribution in [1.82, 2.24) is 4.31 Å². The van der Waals surface area contributed by atoms with Crippen LogP contribution in [0.15, 0.2) is 83.8 Å². The van der Waals surface area contributed by atoms with Crippen LogP contribution in [0.3, 0.4) is 0 Å². The molecule has 0 bridgehead atoms. The summed E-state index contributed by atoms with van der Waals surface area (Å²) in [6.45, 7) is -0.0293. The van der Waals surface area contributed by atoms with Gasteiger partial charge in [-0.2, -0.15) is 4.31 Å². The van der Waals surface area contributed by atoms with Crippen LogP contribution in [0.25, 0.3) is 0 Å². The molecule has 0 N–H and O–H groups in total. The molecule has 6 nitrogen and oxygen atoms in total. The molecule has 9 heteroatoms. The summed E-state index contributed by atoms with van der Waals surface area (Å²) in [6, 6.07) is 18.5. The Kier molecular flexibility index (Phi) is 6.60. The minimum absolute atomic E-state index is 0.0246. The standard InChI is InChI=1S/C24H20ClFN2O4S/c25-18-6-4-5-17(15-18)13-14-27(33(31,32)21-7-2-1-3-8-21)22-16-23(29)28(24(22)30)20-11-9-19(26)10-12-20/h1-12,15,22H,13-14,16H2. The summed E-state index contributed by atoms with van der Waals surface area (Å²) in [6.07, 6.45) is -0.0149. The molecule has 0 spiro atoms. The predicted molar refractivity (Wildman–Crippen MR) is 123 cm³/mol. The molecule has 1 aliphatic rings. The Morgan fingerprint density at radius 2 is 1.67 bits per heavy atom. The maximum Gasteiger partial charge on any atom is 0.252 e. The van der Waals surface area contributed by atoms with E-state index in [4.69, 9.17) is 11.6 Å². The molecule has 1 saturated heterocycles. The number of imide groups is 1. The molecule has 4 rings (SSSR count). The van der Waals surface area contributed by atoms with Gasteiger partial charge in [0.25, 0.3) is 5.91 Å². The fraction of sp³-hybridized carbons (Fsp3) is 0.167. The van der Waals surface area contributed by atoms with Gasteiger partial charge < -0.3 is 0 Å². The van der Waals surface area contributed by atoms with Gasteiger partial charge in [-0.25, -0.2) is 17.7 Å². The number of hydrogen-bond donors (Lipinski definition) is 0. The van der Waals surface area contributed by atoms with E-state index < -0.39 is 33.7 Å². The number of carbonyl (C=O) groups excluding carboxylic acids is 2. The van der Waals surface area contributed by atoms with Crippen molar-refractivity contribution in [2.24, 2.45) is 0 Å². The highest BCUT2D eigenvalue weighted by atomic mass is 35.5. The first kappa shape index (κ1) is 23.1. The number of amides is 2. The third-order valence-corrected chi connectivity index (χ3v) is 7.57. The molecule has 1 unspecified atom stereocenters. The van der Waals surface area contributed by atoms with E-state index in [9.17, 15) is 22.4 Å². The van der Waals surface area contributed by atoms with Crippen molar-refractivity contribution in [3.63, 3.8) is 0 Å². The van der Waals surface area contributed by atoms with Gasteiger partial charge in [-0.15, -0.1) is 0 Å². The van der Waals surface area contributed by atoms with Crippen molar-refractivity contribution in [2.45, 2.75) is 23.8 Å². The summed E-state index contributed by atoms with van der Waals surface area (Å²) >= 11 is 6.05. The highest BCUT2D eigenvalue weighted by Crippen LogP contribution is 2.29. The molecule has 0 radical (unpaired) electrons. The van der Waals surface area contributed by atoms with Crippen molar-refractivity contribution >= 4 is 39.1 Å². The Labute approximate surface area is 196 Å². The van der Waals surface area contributed by atoms with Crippen molar-refractivity contribution in [2.75, 3.05) is 11.4 Å². The van der Waals surface area contributed by atoms with E-state index in [1.165, 1.54) is 24.3 Å². The zero-order valence-electron chi connectivity index (χ0n) is 17.4. The van der Waals surface area contributed by atoms with Gasteiger partial charge in [-0.05, 0) is 60.5 Å². The molecule has 33 heavy (non-hydrogen) atoms. The Bertz CT molecular complexity index is 1280. The van der Waals surface area contributed by atoms with Gasteiger partial charge in [0, 0.05) is 11.6 Å². The third-order valence-electron chi connectivity index (χ3n) is 5.41. The van der Waals surface area contributed by atoms with Crippen LogP contribution in [0.4, 0.5) is 10.1 Å². The monoisotopic (exact) mass is 486 g/mol. The topological polar surface area (TPSA) is 74.8 Å². The van der Waals surface area contributed by atoms with E-state index in [0.29, 0.717) is 11.4 Å². The predicted octanol–water partition coefficient (Wildman–Crippen LogP) is 4.04. The molecule has 3 aromatic carbocycles. The smallest absolute Gasteiger partial charge is 0.252 e. The van der Waals surface area contributed by atoms with Crippen LogP contribution in [0.5, 0.6) is 0 Å². The number of anilines is 1. The first-order valence-electron chi connectivity index (χ1n) is 10.2. The fourth-order valence-electron chi connectivity index (χ4n) is 3.81. The maximum absolute atomic E-state index is 13.5. The van der Waals surface area contributed by atoms with Gasteiger partial charge in [0.05, 0.1) is 17.0 Å². The number of rotatable bonds is 7. The second-order valence-electron chi connectivity index (χ2n) is 7.57. The average Bonchev–Trinajstić information content (AvgIpc) is 3.09. The SMILES string of the molecule is O=C1CC(N(CCc2cccc(Cl)c2)S(=O)(=O)c2ccccc2)C(=O)N1c1ccc(F)cc1. The highest BCUT2D eigenvalue weighted by molar-refractivity contribution is 7.89. The lowest BCUT2D eigenvalue weighted by atomic mass is 10.1. The van der Waals surface area contributed by atoms with Crippen LogP contribution in [0.1, 0.15) is 12.0 Å². The number of sulfonamides is 1. The van der Waals surface area contributed by atoms with Gasteiger partial charge in [0.1, 0.15) is 11.9 Å². The van der Waals surface area contributed by atoms with E-state index in [1.54, 1.807) is 36.4 Å². The van der Waals surface area contributed by atoms with E-state index in [2.05, 4.69) is 0 Å². The van der Waals surface area contributed by atoms with Crippen LogP contribution < -0.4 is 4.90 Å². The van der Waals surface area contributed by atoms with Gasteiger partial charge in [0.2, 0.25) is 15.9 Å². The van der Waals surface area contributed by atoms with Crippen LogP contribution in [-0.4, -0.2) is 37.1 Å². The Morgan fingerprint density at radius 1 is 0.970 bits per heavy atom. The molecule has 2 amide bonds. The molecule has 1 atom stereocenters. The summed E-state index contributed by atoms with van der Waals surface area (Å²) in [4.78, 5) is 26.9. The summed E-state index contributed by atoms with van der Waals surface area (Å²) in [7, 11) is -4.09. The Hall–Kier alpha value is -3.07. The zero-order chi connectivity index (χ0) is 23.6. The molecular weight excluding hydrogens is 467 g/mol. The van der Waals surface area contributed by atoms with Crippen molar-refractivity contribution in [3.05, 3.63) is 95.3 Å². The summed E-state index contributed by atoms with van der Waals surface area (Å²) in [5, 5.41) is 0.513. The molecule has 1 aliphatic heterocycles. The molecule has 1 heterocycles. The second-order valence-corrected chi connectivity index (χ2v) is 9.90. The van der Waals surface area contributed by atoms with Gasteiger partial charge in [0.15, 0.2) is 0 Å². The first-order valence-corrected chi connectivity index (χ1v) is 12.0. The van der Waals surface area contributed by atoms with E-state index in [0.717, 1.165) is 26.9 Å².